The van der Waals surface area contributed by atoms with Gasteiger partial charge >= 0.3 is 5.97 Å². The van der Waals surface area contributed by atoms with E-state index in [9.17, 15) is 9.59 Å². The lowest BCUT2D eigenvalue weighted by Gasteiger charge is -2.14. The summed E-state index contributed by atoms with van der Waals surface area (Å²) in [7, 11) is 0. The first-order valence-electron chi connectivity index (χ1n) is 7.76. The Bertz CT molecular complexity index is 687. The zero-order chi connectivity index (χ0) is 16.2. The van der Waals surface area contributed by atoms with Crippen molar-refractivity contribution >= 4 is 23.2 Å². The molecule has 1 heterocycles. The fraction of sp³-hybridized carbons (Fsp3) is 0.333. The van der Waals surface area contributed by atoms with Crippen LogP contribution in [0.5, 0.6) is 0 Å². The number of ether oxygens (including phenoxy) is 1. The van der Waals surface area contributed by atoms with E-state index in [0.29, 0.717) is 4.88 Å². The zero-order valence-corrected chi connectivity index (χ0v) is 13.8. The fourth-order valence-corrected chi connectivity index (χ4v) is 3.89. The molecule has 0 radical (unpaired) electrons. The van der Waals surface area contributed by atoms with Gasteiger partial charge in [0.2, 0.25) is 0 Å². The standard InChI is InChI=1S/C18H19NO3S/c1-12(13-6-3-2-4-7-13)19-17(20)11-22-18(21)16-10-14-8-5-9-15(14)23-16/h2-4,6-7,10,12H,5,8-9,11H2,1H3,(H,19,20)/t12-/m1/s1. The predicted octanol–water partition coefficient (Wildman–Crippen LogP) is 3.27. The molecule has 120 valence electrons. The van der Waals surface area contributed by atoms with Crippen LogP contribution in [0, 0.1) is 0 Å². The second-order valence-electron chi connectivity index (χ2n) is 5.69. The van der Waals surface area contributed by atoms with E-state index in [-0.39, 0.29) is 18.6 Å². The number of thiophene rings is 1. The van der Waals surface area contributed by atoms with E-state index in [2.05, 4.69) is 5.32 Å². The predicted molar refractivity (Wildman–Crippen MR) is 89.6 cm³/mol. The van der Waals surface area contributed by atoms with Gasteiger partial charge in [0.1, 0.15) is 4.88 Å². The molecule has 0 aliphatic heterocycles. The number of aryl methyl sites for hydroxylation is 2. The maximum Gasteiger partial charge on any atom is 0.348 e. The third kappa shape index (κ3) is 3.79. The van der Waals surface area contributed by atoms with Crippen molar-refractivity contribution in [2.75, 3.05) is 6.61 Å². The van der Waals surface area contributed by atoms with Crippen molar-refractivity contribution < 1.29 is 14.3 Å². The molecule has 1 aromatic heterocycles. The van der Waals surface area contributed by atoms with Gasteiger partial charge in [-0.25, -0.2) is 4.79 Å². The van der Waals surface area contributed by atoms with Gasteiger partial charge in [0.15, 0.2) is 6.61 Å². The summed E-state index contributed by atoms with van der Waals surface area (Å²) in [5.41, 5.74) is 2.27. The van der Waals surface area contributed by atoms with Crippen LogP contribution in [-0.2, 0) is 22.4 Å². The lowest BCUT2D eigenvalue weighted by Crippen LogP contribution is -2.31. The van der Waals surface area contributed by atoms with Gasteiger partial charge in [-0.3, -0.25) is 4.79 Å². The fourth-order valence-electron chi connectivity index (χ4n) is 2.74. The van der Waals surface area contributed by atoms with E-state index in [4.69, 9.17) is 4.74 Å². The van der Waals surface area contributed by atoms with Crippen molar-refractivity contribution in [2.45, 2.75) is 32.2 Å². The molecule has 0 saturated heterocycles. The van der Waals surface area contributed by atoms with E-state index >= 15 is 0 Å². The van der Waals surface area contributed by atoms with E-state index in [0.717, 1.165) is 24.8 Å². The first-order valence-corrected chi connectivity index (χ1v) is 8.58. The molecule has 0 spiro atoms. The molecule has 1 atom stereocenters. The first-order chi connectivity index (χ1) is 11.1. The van der Waals surface area contributed by atoms with Gasteiger partial charge < -0.3 is 10.1 Å². The van der Waals surface area contributed by atoms with Gasteiger partial charge in [-0.1, -0.05) is 30.3 Å². The summed E-state index contributed by atoms with van der Waals surface area (Å²) >= 11 is 1.49. The number of esters is 1. The average Bonchev–Trinajstić information content (AvgIpc) is 3.15. The van der Waals surface area contributed by atoms with Gasteiger partial charge in [0, 0.05) is 4.88 Å². The molecule has 4 nitrogen and oxygen atoms in total. The molecule has 1 aromatic carbocycles. The summed E-state index contributed by atoms with van der Waals surface area (Å²) in [6.45, 7) is 1.65. The van der Waals surface area contributed by atoms with Crippen LogP contribution in [0.1, 0.15) is 45.1 Å². The summed E-state index contributed by atoms with van der Waals surface area (Å²) in [5, 5.41) is 2.83. The quantitative estimate of drug-likeness (QED) is 0.857. The average molecular weight is 329 g/mol. The minimum atomic E-state index is -0.410. The lowest BCUT2D eigenvalue weighted by atomic mass is 10.1. The molecule has 23 heavy (non-hydrogen) atoms. The second-order valence-corrected chi connectivity index (χ2v) is 6.83. The Labute approximate surface area is 139 Å². The molecule has 1 N–H and O–H groups in total. The van der Waals surface area contributed by atoms with Crippen LogP contribution in [0.3, 0.4) is 0 Å². The first kappa shape index (κ1) is 15.7. The Morgan fingerprint density at radius 3 is 2.78 bits per heavy atom. The van der Waals surface area contributed by atoms with Gasteiger partial charge in [-0.2, -0.15) is 0 Å². The number of amides is 1. The normalized spacial score (nSPS) is 14.1. The molecular formula is C18H19NO3S. The van der Waals surface area contributed by atoms with Crippen LogP contribution >= 0.6 is 11.3 Å². The minimum absolute atomic E-state index is 0.118. The van der Waals surface area contributed by atoms with Gasteiger partial charge in [0.25, 0.3) is 5.91 Å². The molecule has 1 aliphatic carbocycles. The van der Waals surface area contributed by atoms with Gasteiger partial charge in [-0.15, -0.1) is 11.3 Å². The molecule has 5 heteroatoms. The Morgan fingerprint density at radius 1 is 1.26 bits per heavy atom. The molecule has 1 amide bonds. The van der Waals surface area contributed by atoms with Crippen LogP contribution in [0.15, 0.2) is 36.4 Å². The van der Waals surface area contributed by atoms with Crippen LogP contribution < -0.4 is 5.32 Å². The van der Waals surface area contributed by atoms with Gasteiger partial charge in [-0.05, 0) is 43.4 Å². The lowest BCUT2D eigenvalue weighted by molar-refractivity contribution is -0.124. The Kier molecular flexibility index (Phi) is 4.76. The monoisotopic (exact) mass is 329 g/mol. The van der Waals surface area contributed by atoms with Gasteiger partial charge in [0.05, 0.1) is 6.04 Å². The van der Waals surface area contributed by atoms with Crippen LogP contribution in [-0.4, -0.2) is 18.5 Å². The largest absolute Gasteiger partial charge is 0.451 e. The van der Waals surface area contributed by atoms with Crippen LogP contribution in [0.4, 0.5) is 0 Å². The molecule has 0 fully saturated rings. The zero-order valence-electron chi connectivity index (χ0n) is 13.0. The number of fused-ring (bicyclic) bond motifs is 1. The molecule has 0 bridgehead atoms. The SMILES string of the molecule is C[C@@H](NC(=O)COC(=O)c1cc2c(s1)CCC2)c1ccccc1. The number of rotatable bonds is 5. The summed E-state index contributed by atoms with van der Waals surface area (Å²) in [6.07, 6.45) is 3.24. The van der Waals surface area contributed by atoms with Crippen molar-refractivity contribution in [3.63, 3.8) is 0 Å². The van der Waals surface area contributed by atoms with E-state index in [1.165, 1.54) is 21.8 Å². The highest BCUT2D eigenvalue weighted by molar-refractivity contribution is 7.14. The summed E-state index contributed by atoms with van der Waals surface area (Å²) < 4.78 is 5.12. The van der Waals surface area contributed by atoms with Crippen molar-refractivity contribution in [3.05, 3.63) is 57.3 Å². The minimum Gasteiger partial charge on any atom is -0.451 e. The van der Waals surface area contributed by atoms with E-state index < -0.39 is 5.97 Å². The molecule has 0 saturated carbocycles. The highest BCUT2D eigenvalue weighted by atomic mass is 32.1. The number of carbonyl (C=O) groups excluding carboxylic acids is 2. The molecule has 0 unspecified atom stereocenters. The Balaban J connectivity index is 1.49. The van der Waals surface area contributed by atoms with Crippen molar-refractivity contribution in [3.8, 4) is 0 Å². The third-order valence-electron chi connectivity index (χ3n) is 3.96. The highest BCUT2D eigenvalue weighted by Crippen LogP contribution is 2.30. The molecule has 3 rings (SSSR count). The highest BCUT2D eigenvalue weighted by Gasteiger charge is 2.20. The van der Waals surface area contributed by atoms with Crippen LogP contribution in [0.2, 0.25) is 0 Å². The maximum atomic E-state index is 12.0. The number of benzene rings is 1. The summed E-state index contributed by atoms with van der Waals surface area (Å²) in [6, 6.07) is 11.5. The molecular weight excluding hydrogens is 310 g/mol. The topological polar surface area (TPSA) is 55.4 Å². The molecule has 1 aliphatic rings. The van der Waals surface area contributed by atoms with Crippen molar-refractivity contribution in [1.82, 2.24) is 5.32 Å². The number of nitrogens with one attached hydrogen (secondary N) is 1. The molecule has 2 aromatic rings. The third-order valence-corrected chi connectivity index (χ3v) is 5.18. The number of hydrogen-bond acceptors (Lipinski definition) is 4. The Morgan fingerprint density at radius 2 is 2.04 bits per heavy atom. The van der Waals surface area contributed by atoms with Crippen molar-refractivity contribution in [2.24, 2.45) is 0 Å². The van der Waals surface area contributed by atoms with Crippen molar-refractivity contribution in [1.29, 1.82) is 0 Å². The van der Waals surface area contributed by atoms with E-state index in [1.807, 2.05) is 43.3 Å². The number of carbonyl (C=O) groups is 2. The Hall–Kier alpha value is -2.14. The smallest absolute Gasteiger partial charge is 0.348 e. The summed E-state index contributed by atoms with van der Waals surface area (Å²) in [4.78, 5) is 25.8. The number of hydrogen-bond donors (Lipinski definition) is 1. The maximum absolute atomic E-state index is 12.0. The van der Waals surface area contributed by atoms with E-state index in [1.54, 1.807) is 0 Å². The summed E-state index contributed by atoms with van der Waals surface area (Å²) in [5.74, 6) is -0.703. The van der Waals surface area contributed by atoms with Crippen LogP contribution in [0.25, 0.3) is 0 Å². The second kappa shape index (κ2) is 6.96.